The van der Waals surface area contributed by atoms with Crippen molar-refractivity contribution in [3.05, 3.63) is 0 Å². The van der Waals surface area contributed by atoms with E-state index in [0.717, 1.165) is 0 Å². The van der Waals surface area contributed by atoms with E-state index in [1.165, 1.54) is 13.8 Å². The molecular formula is C6H14O6PbS6. The molecule has 0 aliphatic carbocycles. The first-order valence-electron chi connectivity index (χ1n) is 4.42. The summed E-state index contributed by atoms with van der Waals surface area (Å²) in [5.41, 5.74) is 0. The van der Waals surface area contributed by atoms with E-state index >= 15 is 0 Å². The Kier molecular flexibility index (Phi) is 12.8. The summed E-state index contributed by atoms with van der Waals surface area (Å²) >= 11 is 14.1. The summed E-state index contributed by atoms with van der Waals surface area (Å²) in [6.45, 7) is 3.05. The summed E-state index contributed by atoms with van der Waals surface area (Å²) in [5.74, 6) is 0. The van der Waals surface area contributed by atoms with E-state index in [-0.39, 0.29) is 40.1 Å². The molecule has 0 aromatic carbocycles. The molecule has 0 saturated carbocycles. The average molecular weight is 582 g/mol. The van der Waals surface area contributed by atoms with Crippen molar-refractivity contribution in [2.24, 2.45) is 0 Å². The molecule has 0 atom stereocenters. The summed E-state index contributed by atoms with van der Waals surface area (Å²) in [6.07, 6.45) is 0.177. The van der Waals surface area contributed by atoms with Gasteiger partial charge >= 0.3 is 27.3 Å². The molecule has 0 rings (SSSR count). The molecule has 0 aliphatic rings. The number of rotatable bonds is 4. The maximum Gasteiger partial charge on any atom is 2.00 e. The van der Waals surface area contributed by atoms with Crippen LogP contribution in [0.25, 0.3) is 0 Å². The smallest absolute Gasteiger partial charge is 0.746 e. The minimum absolute atomic E-state index is 0. The summed E-state index contributed by atoms with van der Waals surface area (Å²) in [4.78, 5) is 0. The fourth-order valence-corrected chi connectivity index (χ4v) is 1.06. The molecule has 0 unspecified atom stereocenters. The molecule has 13 heteroatoms. The van der Waals surface area contributed by atoms with E-state index in [1.807, 2.05) is 0 Å². The van der Waals surface area contributed by atoms with E-state index in [4.69, 9.17) is 0 Å². The molecule has 2 radical (unpaired) electrons. The number of hydrogen-bond acceptors (Lipinski definition) is 10. The third-order valence-corrected chi connectivity index (χ3v) is 7.85. The topological polar surface area (TPSA) is 114 Å². The van der Waals surface area contributed by atoms with Crippen LogP contribution >= 0.6 is 50.5 Å². The molecule has 19 heavy (non-hydrogen) atoms. The summed E-state index contributed by atoms with van der Waals surface area (Å²) in [5, 5.41) is 0. The van der Waals surface area contributed by atoms with Gasteiger partial charge in [-0.3, -0.25) is 0 Å². The monoisotopic (exact) mass is 582 g/mol. The largest absolute Gasteiger partial charge is 2.00 e. The maximum atomic E-state index is 10.2. The molecule has 0 aromatic heterocycles. The van der Waals surface area contributed by atoms with Gasteiger partial charge in [0.15, 0.2) is 0 Å². The van der Waals surface area contributed by atoms with Crippen LogP contribution < -0.4 is 0 Å². The zero-order valence-electron chi connectivity index (χ0n) is 9.97. The van der Waals surface area contributed by atoms with Crippen molar-refractivity contribution < 1.29 is 25.9 Å². The van der Waals surface area contributed by atoms with Crippen LogP contribution in [0.3, 0.4) is 0 Å². The number of hydrogen-bond donors (Lipinski definition) is 4. The summed E-state index contributed by atoms with van der Waals surface area (Å²) in [7, 11) is -8.75. The van der Waals surface area contributed by atoms with E-state index in [9.17, 15) is 25.9 Å². The van der Waals surface area contributed by atoms with Crippen LogP contribution in [0.2, 0.25) is 0 Å². The molecule has 0 spiro atoms. The molecule has 0 aliphatic heterocycles. The van der Waals surface area contributed by atoms with Gasteiger partial charge in [0.2, 0.25) is 0 Å². The van der Waals surface area contributed by atoms with E-state index in [0.29, 0.717) is 0 Å². The Bertz CT molecular complexity index is 411. The van der Waals surface area contributed by atoms with Gasteiger partial charge in [0.25, 0.3) is 0 Å². The van der Waals surface area contributed by atoms with Gasteiger partial charge in [-0.15, -0.1) is 50.5 Å². The Morgan fingerprint density at radius 2 is 0.947 bits per heavy atom. The molecule has 0 aromatic rings. The van der Waals surface area contributed by atoms with Crippen molar-refractivity contribution in [1.29, 1.82) is 0 Å². The van der Waals surface area contributed by atoms with Crippen molar-refractivity contribution >= 4 is 98.1 Å². The summed E-state index contributed by atoms with van der Waals surface area (Å²) in [6, 6.07) is 0. The molecular weight excluding hydrogens is 568 g/mol. The van der Waals surface area contributed by atoms with Crippen LogP contribution in [0.1, 0.15) is 26.7 Å². The van der Waals surface area contributed by atoms with Gasteiger partial charge in [-0.1, -0.05) is 13.8 Å². The van der Waals surface area contributed by atoms with E-state index in [2.05, 4.69) is 50.5 Å². The van der Waals surface area contributed by atoms with Gasteiger partial charge in [-0.05, 0) is 12.8 Å². The van der Waals surface area contributed by atoms with Crippen LogP contribution in [0.5, 0.6) is 0 Å². The van der Waals surface area contributed by atoms with Gasteiger partial charge in [0.05, 0.1) is 0 Å². The average Bonchev–Trinajstić information content (AvgIpc) is 2.15. The van der Waals surface area contributed by atoms with E-state index < -0.39 is 27.1 Å². The van der Waals surface area contributed by atoms with Crippen molar-refractivity contribution in [3.63, 3.8) is 0 Å². The second kappa shape index (κ2) is 9.32. The Morgan fingerprint density at radius 1 is 0.789 bits per heavy atom. The van der Waals surface area contributed by atoms with E-state index in [1.54, 1.807) is 0 Å². The quantitative estimate of drug-likeness (QED) is 0.167. The Hall–Kier alpha value is 2.14. The van der Waals surface area contributed by atoms with Crippen LogP contribution in [-0.2, 0) is 20.2 Å². The third-order valence-electron chi connectivity index (χ3n) is 1.72. The van der Waals surface area contributed by atoms with Gasteiger partial charge in [0, 0.05) is 0 Å². The minimum Gasteiger partial charge on any atom is -0.746 e. The first-order chi connectivity index (χ1) is 7.62. The zero-order chi connectivity index (χ0) is 15.4. The first kappa shape index (κ1) is 26.1. The van der Waals surface area contributed by atoms with Crippen molar-refractivity contribution in [2.75, 3.05) is 0 Å². The summed E-state index contributed by atoms with van der Waals surface area (Å²) < 4.78 is 57.6. The predicted octanol–water partition coefficient (Wildman–Crippen LogP) is 0.529. The Labute approximate surface area is 156 Å². The molecule has 6 nitrogen and oxygen atoms in total. The fraction of sp³-hybridized carbons (Fsp3) is 1.00. The van der Waals surface area contributed by atoms with Crippen molar-refractivity contribution in [2.45, 2.75) is 33.5 Å². The minimum atomic E-state index is -4.37. The first-order valence-corrected chi connectivity index (χ1v) is 9.03. The van der Waals surface area contributed by atoms with Gasteiger partial charge in [-0.2, -0.15) is 0 Å². The Morgan fingerprint density at radius 3 is 0.947 bits per heavy atom. The van der Waals surface area contributed by atoms with Crippen molar-refractivity contribution in [1.82, 2.24) is 0 Å². The molecule has 0 saturated heterocycles. The molecule has 0 fully saturated rings. The molecule has 0 bridgehead atoms. The maximum absolute atomic E-state index is 10.2. The predicted molar refractivity (Wildman–Crippen MR) is 87.1 cm³/mol. The van der Waals surface area contributed by atoms with Crippen molar-refractivity contribution in [3.8, 4) is 0 Å². The zero-order valence-corrected chi connectivity index (χ0v) is 19.1. The normalized spacial score (nSPS) is 13.1. The molecule has 0 amide bonds. The molecule has 114 valence electrons. The second-order valence-electron chi connectivity index (χ2n) is 3.10. The van der Waals surface area contributed by atoms with Gasteiger partial charge < -0.3 is 9.11 Å². The third kappa shape index (κ3) is 9.70. The molecule has 0 N–H and O–H groups in total. The van der Waals surface area contributed by atoms with Crippen LogP contribution in [0.15, 0.2) is 0 Å². The van der Waals surface area contributed by atoms with Crippen LogP contribution in [0.4, 0.5) is 0 Å². The van der Waals surface area contributed by atoms with Crippen LogP contribution in [-0.4, -0.2) is 60.1 Å². The second-order valence-corrected chi connectivity index (χ2v) is 11.3. The van der Waals surface area contributed by atoms with Gasteiger partial charge in [0.1, 0.15) is 27.1 Å². The number of thiol groups is 4. The fourth-order valence-electron chi connectivity index (χ4n) is 0.354. The van der Waals surface area contributed by atoms with Crippen LogP contribution in [0, 0.1) is 0 Å². The van der Waals surface area contributed by atoms with Gasteiger partial charge in [-0.25, -0.2) is 16.8 Å². The Balaban J connectivity index is -0.000000256. The standard InChI is InChI=1S/2C3H8O3S3.Pb/c2*1-2-3(7,8)9(4,5)6;/h2*7-8H,2H2,1H3,(H,4,5,6);/q;;+2/p-2. The molecule has 0 heterocycles. The SMILES string of the molecule is CCC(S)(S)S(=O)(=O)[O-].CCC(S)(S)S(=O)(=O)[O-].[Pb+2].